The fourth-order valence-electron chi connectivity index (χ4n) is 1.90. The molecule has 0 aliphatic carbocycles. The maximum Gasteiger partial charge on any atom is 0.213 e. The predicted molar refractivity (Wildman–Crippen MR) is 46.9 cm³/mol. The summed E-state index contributed by atoms with van der Waals surface area (Å²) in [6.45, 7) is 2.93. The van der Waals surface area contributed by atoms with E-state index < -0.39 is 5.54 Å². The highest BCUT2D eigenvalue weighted by Crippen LogP contribution is 2.30. The molecule has 72 valence electrons. The van der Waals surface area contributed by atoms with Crippen molar-refractivity contribution in [3.8, 4) is 0 Å². The molecule has 0 aromatic carbocycles. The van der Waals surface area contributed by atoms with Gasteiger partial charge < -0.3 is 15.2 Å². The van der Waals surface area contributed by atoms with Crippen molar-refractivity contribution >= 4 is 0 Å². The molecular weight excluding hydrogens is 168 g/mol. The Labute approximate surface area is 76.9 Å². The van der Waals surface area contributed by atoms with Gasteiger partial charge in [-0.15, -0.1) is 0 Å². The topological polar surface area (TPSA) is 68.2 Å². The third-order valence-electron chi connectivity index (χ3n) is 2.75. The number of hydrogen-bond acceptors (Lipinski definition) is 5. The van der Waals surface area contributed by atoms with Crippen LogP contribution in [-0.2, 0) is 5.54 Å². The zero-order valence-electron chi connectivity index (χ0n) is 7.90. The van der Waals surface area contributed by atoms with Crippen LogP contribution in [0.25, 0.3) is 0 Å². The minimum atomic E-state index is -0.429. The minimum absolute atomic E-state index is 0.429. The van der Waals surface area contributed by atoms with Crippen molar-refractivity contribution in [1.82, 2.24) is 15.0 Å². The number of hydrogen-bond donors (Lipinski definition) is 1. The van der Waals surface area contributed by atoms with Gasteiger partial charge in [0.25, 0.3) is 0 Å². The quantitative estimate of drug-likeness (QED) is 0.659. The average molecular weight is 182 g/mol. The molecule has 1 aromatic heterocycles. The van der Waals surface area contributed by atoms with Crippen molar-refractivity contribution in [1.29, 1.82) is 0 Å². The van der Waals surface area contributed by atoms with Gasteiger partial charge in [0, 0.05) is 12.6 Å². The lowest BCUT2D eigenvalue weighted by Gasteiger charge is -2.18. The maximum absolute atomic E-state index is 6.18. The Morgan fingerprint density at radius 3 is 3.00 bits per heavy atom. The first-order valence-electron chi connectivity index (χ1n) is 4.38. The molecule has 0 radical (unpaired) electrons. The van der Waals surface area contributed by atoms with Crippen LogP contribution in [0.2, 0.25) is 0 Å². The van der Waals surface area contributed by atoms with Gasteiger partial charge >= 0.3 is 0 Å². The molecule has 1 saturated heterocycles. The van der Waals surface area contributed by atoms with Gasteiger partial charge in [-0.2, -0.15) is 4.98 Å². The molecule has 13 heavy (non-hydrogen) atoms. The fraction of sp³-hybridized carbons (Fsp3) is 0.750. The van der Waals surface area contributed by atoms with Crippen LogP contribution in [0.15, 0.2) is 10.9 Å². The molecule has 5 nitrogen and oxygen atoms in total. The van der Waals surface area contributed by atoms with E-state index in [9.17, 15) is 0 Å². The van der Waals surface area contributed by atoms with E-state index in [2.05, 4.69) is 29.0 Å². The molecule has 2 unspecified atom stereocenters. The summed E-state index contributed by atoms with van der Waals surface area (Å²) < 4.78 is 4.70. The fourth-order valence-corrected chi connectivity index (χ4v) is 1.90. The van der Waals surface area contributed by atoms with Crippen LogP contribution >= 0.6 is 0 Å². The van der Waals surface area contributed by atoms with Crippen molar-refractivity contribution < 1.29 is 4.52 Å². The highest BCUT2D eigenvalue weighted by molar-refractivity contribution is 5.08. The highest BCUT2D eigenvalue weighted by Gasteiger charge is 2.41. The van der Waals surface area contributed by atoms with Gasteiger partial charge in [0.15, 0.2) is 5.82 Å². The standard InChI is InChI=1S/C8H14N4O/c1-6-3-8(9,4-12(6)2)7-10-5-13-11-7/h5-6H,3-4,9H2,1-2H3. The van der Waals surface area contributed by atoms with E-state index in [1.807, 2.05) is 0 Å². The van der Waals surface area contributed by atoms with Crippen LogP contribution in [0.5, 0.6) is 0 Å². The van der Waals surface area contributed by atoms with E-state index in [0.717, 1.165) is 13.0 Å². The Hall–Kier alpha value is -0.940. The first kappa shape index (κ1) is 8.65. The van der Waals surface area contributed by atoms with Gasteiger partial charge in [0.1, 0.15) is 0 Å². The van der Waals surface area contributed by atoms with Crippen LogP contribution < -0.4 is 5.73 Å². The average Bonchev–Trinajstić information content (AvgIpc) is 2.61. The molecule has 1 aromatic rings. The Morgan fingerprint density at radius 1 is 1.77 bits per heavy atom. The third kappa shape index (κ3) is 1.34. The molecule has 2 rings (SSSR count). The second-order valence-corrected chi connectivity index (χ2v) is 3.88. The van der Waals surface area contributed by atoms with E-state index in [0.29, 0.717) is 11.9 Å². The molecule has 0 saturated carbocycles. The first-order valence-corrected chi connectivity index (χ1v) is 4.38. The Kier molecular flexibility index (Phi) is 1.85. The molecule has 2 N–H and O–H groups in total. The lowest BCUT2D eigenvalue weighted by Crippen LogP contribution is -2.40. The minimum Gasteiger partial charge on any atom is -0.343 e. The predicted octanol–water partition coefficient (Wildman–Crippen LogP) is -0.0524. The highest BCUT2D eigenvalue weighted by atomic mass is 16.5. The van der Waals surface area contributed by atoms with Crippen LogP contribution in [0, 0.1) is 0 Å². The molecular formula is C8H14N4O. The van der Waals surface area contributed by atoms with Gasteiger partial charge in [-0.05, 0) is 20.4 Å². The zero-order valence-corrected chi connectivity index (χ0v) is 7.90. The van der Waals surface area contributed by atoms with Gasteiger partial charge in [-0.1, -0.05) is 5.16 Å². The molecule has 2 heterocycles. The number of likely N-dealkylation sites (N-methyl/N-ethyl adjacent to an activating group) is 1. The summed E-state index contributed by atoms with van der Waals surface area (Å²) in [4.78, 5) is 6.21. The molecule has 0 bridgehead atoms. The van der Waals surface area contributed by atoms with Crippen LogP contribution in [-0.4, -0.2) is 34.7 Å². The molecule has 1 aliphatic rings. The largest absolute Gasteiger partial charge is 0.343 e. The SMILES string of the molecule is CC1CC(N)(c2ncon2)CN1C. The van der Waals surface area contributed by atoms with E-state index >= 15 is 0 Å². The summed E-state index contributed by atoms with van der Waals surface area (Å²) in [5.41, 5.74) is 5.75. The summed E-state index contributed by atoms with van der Waals surface area (Å²) in [5.74, 6) is 0.615. The van der Waals surface area contributed by atoms with E-state index in [1.165, 1.54) is 6.39 Å². The number of likely N-dealkylation sites (tertiary alicyclic amines) is 1. The first-order chi connectivity index (χ1) is 6.12. The summed E-state index contributed by atoms with van der Waals surface area (Å²) >= 11 is 0. The van der Waals surface area contributed by atoms with E-state index in [-0.39, 0.29) is 0 Å². The van der Waals surface area contributed by atoms with Crippen LogP contribution in [0.3, 0.4) is 0 Å². The molecule has 2 atom stereocenters. The third-order valence-corrected chi connectivity index (χ3v) is 2.75. The number of nitrogens with two attached hydrogens (primary N) is 1. The smallest absolute Gasteiger partial charge is 0.213 e. The van der Waals surface area contributed by atoms with Crippen molar-refractivity contribution in [3.63, 3.8) is 0 Å². The maximum atomic E-state index is 6.18. The van der Waals surface area contributed by atoms with E-state index in [4.69, 9.17) is 10.3 Å². The molecule has 0 amide bonds. The van der Waals surface area contributed by atoms with Crippen molar-refractivity contribution in [2.45, 2.75) is 24.9 Å². The Morgan fingerprint density at radius 2 is 2.54 bits per heavy atom. The van der Waals surface area contributed by atoms with Gasteiger partial charge in [0.05, 0.1) is 5.54 Å². The monoisotopic (exact) mass is 182 g/mol. The second-order valence-electron chi connectivity index (χ2n) is 3.88. The van der Waals surface area contributed by atoms with Crippen molar-refractivity contribution in [3.05, 3.63) is 12.2 Å². The van der Waals surface area contributed by atoms with E-state index in [1.54, 1.807) is 0 Å². The molecule has 1 aliphatic heterocycles. The Balaban J connectivity index is 2.24. The molecule has 0 spiro atoms. The molecule has 5 heteroatoms. The lowest BCUT2D eigenvalue weighted by molar-refractivity contribution is 0.313. The summed E-state index contributed by atoms with van der Waals surface area (Å²) in [6, 6.07) is 0.475. The summed E-state index contributed by atoms with van der Waals surface area (Å²) in [6.07, 6.45) is 2.20. The van der Waals surface area contributed by atoms with Crippen molar-refractivity contribution in [2.75, 3.05) is 13.6 Å². The number of aromatic nitrogens is 2. The van der Waals surface area contributed by atoms with Gasteiger partial charge in [-0.3, -0.25) is 0 Å². The molecule has 1 fully saturated rings. The van der Waals surface area contributed by atoms with Gasteiger partial charge in [-0.25, -0.2) is 0 Å². The summed E-state index contributed by atoms with van der Waals surface area (Å²) in [7, 11) is 2.05. The second kappa shape index (κ2) is 2.78. The zero-order chi connectivity index (χ0) is 9.47. The summed E-state index contributed by atoms with van der Waals surface area (Å²) in [5, 5.41) is 3.80. The van der Waals surface area contributed by atoms with Crippen LogP contribution in [0.1, 0.15) is 19.2 Å². The van der Waals surface area contributed by atoms with Crippen molar-refractivity contribution in [2.24, 2.45) is 5.73 Å². The number of rotatable bonds is 1. The Bertz CT molecular complexity index is 274. The number of nitrogens with zero attached hydrogens (tertiary/aromatic N) is 3. The normalized spacial score (nSPS) is 35.5. The van der Waals surface area contributed by atoms with Crippen LogP contribution in [0.4, 0.5) is 0 Å². The lowest BCUT2D eigenvalue weighted by atomic mass is 9.97. The van der Waals surface area contributed by atoms with Gasteiger partial charge in [0.2, 0.25) is 6.39 Å².